The van der Waals surface area contributed by atoms with Crippen molar-refractivity contribution in [2.24, 2.45) is 0 Å². The van der Waals surface area contributed by atoms with E-state index in [2.05, 4.69) is 30.3 Å². The highest BCUT2D eigenvalue weighted by Crippen LogP contribution is 2.22. The second-order valence-corrected chi connectivity index (χ2v) is 5.45. The Balaban J connectivity index is 2.26. The second kappa shape index (κ2) is 6.55. The summed E-state index contributed by atoms with van der Waals surface area (Å²) in [6.45, 7) is 2.05. The number of benzene rings is 2. The number of carbonyl (C=O) groups excluding carboxylic acids is 1. The summed E-state index contributed by atoms with van der Waals surface area (Å²) in [5.74, 6) is 0.0910. The number of hydrogen-bond donors (Lipinski definition) is 0. The molecule has 2 aromatic rings. The summed E-state index contributed by atoms with van der Waals surface area (Å²) in [6.07, 6.45) is 0.418. The van der Waals surface area contributed by atoms with Crippen LogP contribution in [0.3, 0.4) is 0 Å². The normalized spacial score (nSPS) is 10.7. The van der Waals surface area contributed by atoms with E-state index in [0.29, 0.717) is 6.42 Å². The molecule has 0 aliphatic heterocycles. The molecular weight excluding hydrogens is 260 g/mol. The average Bonchev–Trinajstić information content (AvgIpc) is 2.49. The van der Waals surface area contributed by atoms with Gasteiger partial charge in [0.15, 0.2) is 0 Å². The van der Waals surface area contributed by atoms with Crippen molar-refractivity contribution < 1.29 is 4.79 Å². The van der Waals surface area contributed by atoms with Gasteiger partial charge in [-0.25, -0.2) is 5.01 Å². The zero-order valence-electron chi connectivity index (χ0n) is 13.1. The van der Waals surface area contributed by atoms with Crippen molar-refractivity contribution in [3.8, 4) is 11.1 Å². The molecule has 0 bridgehead atoms. The van der Waals surface area contributed by atoms with Crippen LogP contribution in [0.4, 0.5) is 0 Å². The van der Waals surface area contributed by atoms with Crippen molar-refractivity contribution in [3.05, 3.63) is 59.7 Å². The van der Waals surface area contributed by atoms with Gasteiger partial charge in [0.05, 0.1) is 6.42 Å². The average molecular weight is 282 g/mol. The van der Waals surface area contributed by atoms with Gasteiger partial charge in [-0.1, -0.05) is 48.5 Å². The van der Waals surface area contributed by atoms with Crippen molar-refractivity contribution in [1.29, 1.82) is 0 Å². The molecule has 21 heavy (non-hydrogen) atoms. The number of hydrogen-bond acceptors (Lipinski definition) is 2. The number of amides is 1. The van der Waals surface area contributed by atoms with Gasteiger partial charge in [0.1, 0.15) is 0 Å². The summed E-state index contributed by atoms with van der Waals surface area (Å²) in [6, 6.07) is 16.5. The maximum absolute atomic E-state index is 12.2. The highest BCUT2D eigenvalue weighted by molar-refractivity contribution is 5.79. The van der Waals surface area contributed by atoms with Gasteiger partial charge in [-0.15, -0.1) is 0 Å². The van der Waals surface area contributed by atoms with E-state index < -0.39 is 0 Å². The van der Waals surface area contributed by atoms with Gasteiger partial charge in [-0.3, -0.25) is 9.80 Å². The van der Waals surface area contributed by atoms with E-state index in [1.54, 1.807) is 17.1 Å². The van der Waals surface area contributed by atoms with Crippen LogP contribution >= 0.6 is 0 Å². The van der Waals surface area contributed by atoms with E-state index in [0.717, 1.165) is 16.7 Å². The van der Waals surface area contributed by atoms with Crippen LogP contribution in [0.15, 0.2) is 48.5 Å². The molecule has 0 N–H and O–H groups in total. The van der Waals surface area contributed by atoms with E-state index in [1.165, 1.54) is 5.56 Å². The lowest BCUT2D eigenvalue weighted by molar-refractivity contribution is -0.140. The van der Waals surface area contributed by atoms with Crippen molar-refractivity contribution in [2.45, 2.75) is 13.3 Å². The standard InChI is InChI=1S/C18H22N2O/c1-14-10-11-16(15-8-6-5-7-9-15)12-17(14)13-18(21)20(4)19(2)3/h5-12H,13H2,1-4H3. The monoisotopic (exact) mass is 282 g/mol. The number of likely N-dealkylation sites (N-methyl/N-ethyl adjacent to an activating group) is 1. The maximum atomic E-state index is 12.2. The van der Waals surface area contributed by atoms with E-state index in [-0.39, 0.29) is 5.91 Å². The van der Waals surface area contributed by atoms with Gasteiger partial charge in [-0.05, 0) is 29.2 Å². The quantitative estimate of drug-likeness (QED) is 0.804. The van der Waals surface area contributed by atoms with Crippen LogP contribution in [0.25, 0.3) is 11.1 Å². The maximum Gasteiger partial charge on any atom is 0.241 e. The molecule has 3 heteroatoms. The first-order chi connectivity index (χ1) is 9.99. The minimum atomic E-state index is 0.0910. The Bertz CT molecular complexity index is 620. The predicted octanol–water partition coefficient (Wildman–Crippen LogP) is 3.14. The Labute approximate surface area is 126 Å². The van der Waals surface area contributed by atoms with Crippen molar-refractivity contribution in [1.82, 2.24) is 10.0 Å². The topological polar surface area (TPSA) is 23.6 Å². The Kier molecular flexibility index (Phi) is 4.76. The lowest BCUT2D eigenvalue weighted by Gasteiger charge is -2.24. The first-order valence-corrected chi connectivity index (χ1v) is 7.08. The molecule has 0 spiro atoms. The Morgan fingerprint density at radius 2 is 1.62 bits per heavy atom. The van der Waals surface area contributed by atoms with Gasteiger partial charge < -0.3 is 0 Å². The molecule has 0 aromatic heterocycles. The fourth-order valence-corrected chi connectivity index (χ4v) is 2.17. The molecule has 0 saturated carbocycles. The van der Waals surface area contributed by atoms with E-state index in [4.69, 9.17) is 0 Å². The zero-order valence-corrected chi connectivity index (χ0v) is 13.1. The smallest absolute Gasteiger partial charge is 0.241 e. The molecule has 0 radical (unpaired) electrons. The molecule has 0 fully saturated rings. The molecule has 110 valence electrons. The lowest BCUT2D eigenvalue weighted by Crippen LogP contribution is -2.39. The zero-order chi connectivity index (χ0) is 15.4. The summed E-state index contributed by atoms with van der Waals surface area (Å²) < 4.78 is 0. The van der Waals surface area contributed by atoms with Crippen LogP contribution in [0.2, 0.25) is 0 Å². The van der Waals surface area contributed by atoms with Crippen LogP contribution in [0.1, 0.15) is 11.1 Å². The number of nitrogens with zero attached hydrogens (tertiary/aromatic N) is 2. The number of hydrazine groups is 1. The fourth-order valence-electron chi connectivity index (χ4n) is 2.17. The third-order valence-corrected chi connectivity index (χ3v) is 3.76. The van der Waals surface area contributed by atoms with Crippen LogP contribution < -0.4 is 0 Å². The Morgan fingerprint density at radius 3 is 2.24 bits per heavy atom. The predicted molar refractivity (Wildman–Crippen MR) is 86.8 cm³/mol. The summed E-state index contributed by atoms with van der Waals surface area (Å²) >= 11 is 0. The molecule has 0 aliphatic carbocycles. The summed E-state index contributed by atoms with van der Waals surface area (Å²) in [4.78, 5) is 12.2. The summed E-state index contributed by atoms with van der Waals surface area (Å²) in [5.41, 5.74) is 4.55. The van der Waals surface area contributed by atoms with E-state index in [9.17, 15) is 4.79 Å². The molecular formula is C18H22N2O. The third kappa shape index (κ3) is 3.70. The SMILES string of the molecule is Cc1ccc(-c2ccccc2)cc1CC(=O)N(C)N(C)C. The van der Waals surface area contributed by atoms with Gasteiger partial charge in [0.25, 0.3) is 0 Å². The molecule has 0 unspecified atom stereocenters. The minimum absolute atomic E-state index is 0.0910. The first kappa shape index (κ1) is 15.3. The molecule has 0 aliphatic rings. The van der Waals surface area contributed by atoms with Crippen LogP contribution in [0.5, 0.6) is 0 Å². The largest absolute Gasteiger partial charge is 0.279 e. The molecule has 1 amide bonds. The highest BCUT2D eigenvalue weighted by Gasteiger charge is 2.13. The molecule has 2 aromatic carbocycles. The van der Waals surface area contributed by atoms with Crippen molar-refractivity contribution >= 4 is 5.91 Å². The molecule has 2 rings (SSSR count). The minimum Gasteiger partial charge on any atom is -0.279 e. The highest BCUT2D eigenvalue weighted by atomic mass is 16.2. The van der Waals surface area contributed by atoms with Gasteiger partial charge in [-0.2, -0.15) is 0 Å². The molecule has 3 nitrogen and oxygen atoms in total. The summed E-state index contributed by atoms with van der Waals surface area (Å²) in [5, 5.41) is 3.42. The first-order valence-electron chi connectivity index (χ1n) is 7.08. The molecule has 0 atom stereocenters. The van der Waals surface area contributed by atoms with E-state index >= 15 is 0 Å². The lowest BCUT2D eigenvalue weighted by atomic mass is 9.98. The summed E-state index contributed by atoms with van der Waals surface area (Å²) in [7, 11) is 5.52. The third-order valence-electron chi connectivity index (χ3n) is 3.76. The van der Waals surface area contributed by atoms with Crippen LogP contribution in [0, 0.1) is 6.92 Å². The van der Waals surface area contributed by atoms with Crippen LogP contribution in [-0.2, 0) is 11.2 Å². The van der Waals surface area contributed by atoms with Gasteiger partial charge in [0.2, 0.25) is 5.91 Å². The Hall–Kier alpha value is -2.13. The van der Waals surface area contributed by atoms with Crippen LogP contribution in [-0.4, -0.2) is 37.1 Å². The second-order valence-electron chi connectivity index (χ2n) is 5.45. The Morgan fingerprint density at radius 1 is 0.952 bits per heavy atom. The van der Waals surface area contributed by atoms with Crippen molar-refractivity contribution in [2.75, 3.05) is 21.1 Å². The number of carbonyl (C=O) groups is 1. The number of aryl methyl sites for hydroxylation is 1. The molecule has 0 heterocycles. The fraction of sp³-hybridized carbons (Fsp3) is 0.278. The molecule has 0 saturated heterocycles. The van der Waals surface area contributed by atoms with Gasteiger partial charge in [0, 0.05) is 21.1 Å². The van der Waals surface area contributed by atoms with Gasteiger partial charge >= 0.3 is 0 Å². The number of rotatable bonds is 4. The van der Waals surface area contributed by atoms with Crippen molar-refractivity contribution in [3.63, 3.8) is 0 Å². The van der Waals surface area contributed by atoms with E-state index in [1.807, 2.05) is 39.2 Å².